The first kappa shape index (κ1) is 13.1. The van der Waals surface area contributed by atoms with Crippen LogP contribution in [-0.4, -0.2) is 54.6 Å². The van der Waals surface area contributed by atoms with E-state index in [1.54, 1.807) is 6.33 Å². The molecule has 1 fully saturated rings. The molecule has 5 nitrogen and oxygen atoms in total. The molecular formula is C13H23N5. The van der Waals surface area contributed by atoms with Crippen LogP contribution in [0.25, 0.3) is 0 Å². The Hall–Kier alpha value is -1.36. The van der Waals surface area contributed by atoms with Gasteiger partial charge in [0.2, 0.25) is 0 Å². The Labute approximate surface area is 109 Å². The molecule has 5 heteroatoms. The van der Waals surface area contributed by atoms with Crippen LogP contribution in [0.5, 0.6) is 0 Å². The second-order valence-corrected chi connectivity index (χ2v) is 4.76. The van der Waals surface area contributed by atoms with Crippen molar-refractivity contribution >= 4 is 11.6 Å². The summed E-state index contributed by atoms with van der Waals surface area (Å²) >= 11 is 0. The maximum atomic E-state index is 4.32. The molecule has 0 saturated carbocycles. The summed E-state index contributed by atoms with van der Waals surface area (Å²) in [5, 5.41) is 3.21. The van der Waals surface area contributed by atoms with Crippen LogP contribution in [-0.2, 0) is 0 Å². The Bertz CT molecular complexity index is 362. The smallest absolute Gasteiger partial charge is 0.133 e. The molecule has 0 aliphatic carbocycles. The number of nitrogens with zero attached hydrogens (tertiary/aromatic N) is 4. The van der Waals surface area contributed by atoms with Gasteiger partial charge in [-0.2, -0.15) is 0 Å². The molecule has 2 heterocycles. The van der Waals surface area contributed by atoms with Crippen LogP contribution in [0, 0.1) is 0 Å². The molecule has 18 heavy (non-hydrogen) atoms. The average Bonchev–Trinajstić information content (AvgIpc) is 2.90. The Balaban J connectivity index is 1.86. The second-order valence-electron chi connectivity index (χ2n) is 4.76. The van der Waals surface area contributed by atoms with Crippen molar-refractivity contribution in [1.29, 1.82) is 0 Å². The van der Waals surface area contributed by atoms with Gasteiger partial charge in [-0.15, -0.1) is 0 Å². The zero-order valence-electron chi connectivity index (χ0n) is 11.4. The van der Waals surface area contributed by atoms with Crippen LogP contribution in [0.3, 0.4) is 0 Å². The molecule has 0 bridgehead atoms. The van der Waals surface area contributed by atoms with E-state index in [9.17, 15) is 0 Å². The third kappa shape index (κ3) is 3.57. The lowest BCUT2D eigenvalue weighted by Crippen LogP contribution is -2.31. The van der Waals surface area contributed by atoms with Crippen LogP contribution in [0.4, 0.5) is 11.6 Å². The number of rotatable bonds is 6. The van der Waals surface area contributed by atoms with Crippen LogP contribution < -0.4 is 10.2 Å². The van der Waals surface area contributed by atoms with E-state index in [2.05, 4.69) is 39.1 Å². The Morgan fingerprint density at radius 2 is 2.11 bits per heavy atom. The van der Waals surface area contributed by atoms with Gasteiger partial charge in [0.1, 0.15) is 18.0 Å². The fourth-order valence-corrected chi connectivity index (χ4v) is 2.25. The summed E-state index contributed by atoms with van der Waals surface area (Å²) in [6.07, 6.45) is 4.32. The van der Waals surface area contributed by atoms with Crippen LogP contribution in [0.2, 0.25) is 0 Å². The number of likely N-dealkylation sites (tertiary alicyclic amines) is 1. The van der Waals surface area contributed by atoms with Gasteiger partial charge >= 0.3 is 0 Å². The van der Waals surface area contributed by atoms with Gasteiger partial charge in [-0.05, 0) is 32.9 Å². The van der Waals surface area contributed by atoms with Gasteiger partial charge in [0, 0.05) is 32.7 Å². The summed E-state index contributed by atoms with van der Waals surface area (Å²) in [6.45, 7) is 7.59. The molecule has 2 rings (SSSR count). The van der Waals surface area contributed by atoms with Gasteiger partial charge in [0.15, 0.2) is 0 Å². The van der Waals surface area contributed by atoms with Crippen molar-refractivity contribution in [2.75, 3.05) is 50.0 Å². The monoisotopic (exact) mass is 249 g/mol. The van der Waals surface area contributed by atoms with Gasteiger partial charge in [0.05, 0.1) is 0 Å². The molecule has 1 aliphatic rings. The molecule has 1 aromatic rings. The topological polar surface area (TPSA) is 44.3 Å². The van der Waals surface area contributed by atoms with E-state index in [-0.39, 0.29) is 0 Å². The van der Waals surface area contributed by atoms with E-state index in [1.807, 2.05) is 6.07 Å². The highest BCUT2D eigenvalue weighted by molar-refractivity contribution is 5.47. The summed E-state index contributed by atoms with van der Waals surface area (Å²) in [4.78, 5) is 13.2. The van der Waals surface area contributed by atoms with Gasteiger partial charge in [-0.25, -0.2) is 9.97 Å². The zero-order chi connectivity index (χ0) is 12.8. The maximum absolute atomic E-state index is 4.32. The molecule has 0 amide bonds. The van der Waals surface area contributed by atoms with Crippen molar-refractivity contribution in [3.63, 3.8) is 0 Å². The number of aromatic nitrogens is 2. The highest BCUT2D eigenvalue weighted by Crippen LogP contribution is 2.13. The zero-order valence-corrected chi connectivity index (χ0v) is 11.4. The summed E-state index contributed by atoms with van der Waals surface area (Å²) in [5.74, 6) is 1.88. The minimum Gasteiger partial charge on any atom is -0.370 e. The van der Waals surface area contributed by atoms with Crippen molar-refractivity contribution in [2.24, 2.45) is 0 Å². The Kier molecular flexibility index (Phi) is 4.75. The lowest BCUT2D eigenvalue weighted by atomic mass is 10.4. The SMILES string of the molecule is CCNc1cc(N(C)CCN2CCCC2)ncn1. The van der Waals surface area contributed by atoms with Crippen LogP contribution in [0.15, 0.2) is 12.4 Å². The Morgan fingerprint density at radius 3 is 2.83 bits per heavy atom. The van der Waals surface area contributed by atoms with Crippen molar-refractivity contribution in [2.45, 2.75) is 19.8 Å². The van der Waals surface area contributed by atoms with E-state index in [0.29, 0.717) is 0 Å². The normalized spacial score (nSPS) is 15.9. The third-order valence-electron chi connectivity index (χ3n) is 3.35. The molecule has 0 aromatic carbocycles. The minimum atomic E-state index is 0.883. The van der Waals surface area contributed by atoms with Gasteiger partial charge < -0.3 is 15.1 Å². The van der Waals surface area contributed by atoms with E-state index in [0.717, 1.165) is 31.3 Å². The fraction of sp³-hybridized carbons (Fsp3) is 0.692. The lowest BCUT2D eigenvalue weighted by molar-refractivity contribution is 0.346. The summed E-state index contributed by atoms with van der Waals surface area (Å²) in [5.41, 5.74) is 0. The number of nitrogens with one attached hydrogen (secondary N) is 1. The van der Waals surface area contributed by atoms with Gasteiger partial charge in [-0.1, -0.05) is 0 Å². The summed E-state index contributed by atoms with van der Waals surface area (Å²) in [6, 6.07) is 2.01. The first-order valence-electron chi connectivity index (χ1n) is 6.79. The van der Waals surface area contributed by atoms with Crippen molar-refractivity contribution in [1.82, 2.24) is 14.9 Å². The second kappa shape index (κ2) is 6.54. The highest BCUT2D eigenvalue weighted by Gasteiger charge is 2.12. The molecule has 0 spiro atoms. The van der Waals surface area contributed by atoms with E-state index in [1.165, 1.54) is 25.9 Å². The van der Waals surface area contributed by atoms with E-state index >= 15 is 0 Å². The van der Waals surface area contributed by atoms with Crippen molar-refractivity contribution in [3.05, 3.63) is 12.4 Å². The molecule has 1 N–H and O–H groups in total. The van der Waals surface area contributed by atoms with Crippen molar-refractivity contribution < 1.29 is 0 Å². The quantitative estimate of drug-likeness (QED) is 0.826. The summed E-state index contributed by atoms with van der Waals surface area (Å²) in [7, 11) is 2.09. The molecule has 100 valence electrons. The number of likely N-dealkylation sites (N-methyl/N-ethyl adjacent to an activating group) is 1. The Morgan fingerprint density at radius 1 is 1.33 bits per heavy atom. The molecule has 1 aliphatic heterocycles. The van der Waals surface area contributed by atoms with E-state index < -0.39 is 0 Å². The number of hydrogen-bond donors (Lipinski definition) is 1. The molecular weight excluding hydrogens is 226 g/mol. The van der Waals surface area contributed by atoms with Crippen LogP contribution >= 0.6 is 0 Å². The molecule has 1 aromatic heterocycles. The first-order valence-corrected chi connectivity index (χ1v) is 6.79. The third-order valence-corrected chi connectivity index (χ3v) is 3.35. The van der Waals surface area contributed by atoms with Gasteiger partial charge in [-0.3, -0.25) is 0 Å². The molecule has 0 radical (unpaired) electrons. The average molecular weight is 249 g/mol. The maximum Gasteiger partial charge on any atom is 0.133 e. The summed E-state index contributed by atoms with van der Waals surface area (Å²) < 4.78 is 0. The minimum absolute atomic E-state index is 0.883. The predicted molar refractivity (Wildman–Crippen MR) is 75.1 cm³/mol. The van der Waals surface area contributed by atoms with Crippen molar-refractivity contribution in [3.8, 4) is 0 Å². The molecule has 1 saturated heterocycles. The number of anilines is 2. The fourth-order valence-electron chi connectivity index (χ4n) is 2.25. The number of hydrogen-bond acceptors (Lipinski definition) is 5. The predicted octanol–water partition coefficient (Wildman–Crippen LogP) is 1.44. The van der Waals surface area contributed by atoms with Crippen LogP contribution in [0.1, 0.15) is 19.8 Å². The first-order chi connectivity index (χ1) is 8.79. The lowest BCUT2D eigenvalue weighted by Gasteiger charge is -2.22. The molecule has 0 unspecified atom stereocenters. The highest BCUT2D eigenvalue weighted by atomic mass is 15.2. The standard InChI is InChI=1S/C13H23N5/c1-3-14-12-10-13(16-11-15-12)17(2)8-9-18-6-4-5-7-18/h10-11H,3-9H2,1-2H3,(H,14,15,16). The van der Waals surface area contributed by atoms with E-state index in [4.69, 9.17) is 0 Å². The largest absolute Gasteiger partial charge is 0.370 e. The molecule has 0 atom stereocenters. The van der Waals surface area contributed by atoms with Gasteiger partial charge in [0.25, 0.3) is 0 Å².